The first-order valence-corrected chi connectivity index (χ1v) is 7.73. The quantitative estimate of drug-likeness (QED) is 0.818. The number of hydrogen-bond acceptors (Lipinski definition) is 3. The van der Waals surface area contributed by atoms with Crippen molar-refractivity contribution in [3.8, 4) is 0 Å². The maximum Gasteiger partial charge on any atom is 0.217 e. The SMILES string of the molecule is Cc1cccc(CN2[C@@H](C)COCCS2(=O)=O)c1. The molecule has 1 aliphatic rings. The Morgan fingerprint density at radius 2 is 2.22 bits per heavy atom. The van der Waals surface area contributed by atoms with Crippen molar-refractivity contribution in [2.45, 2.75) is 26.4 Å². The van der Waals surface area contributed by atoms with Crippen molar-refractivity contribution in [1.82, 2.24) is 4.31 Å². The van der Waals surface area contributed by atoms with Crippen molar-refractivity contribution in [3.05, 3.63) is 35.4 Å². The van der Waals surface area contributed by atoms with E-state index in [-0.39, 0.29) is 18.4 Å². The van der Waals surface area contributed by atoms with Gasteiger partial charge in [0.2, 0.25) is 10.0 Å². The minimum Gasteiger partial charge on any atom is -0.379 e. The van der Waals surface area contributed by atoms with Gasteiger partial charge in [-0.25, -0.2) is 8.42 Å². The predicted molar refractivity (Wildman–Crippen MR) is 70.8 cm³/mol. The minimum absolute atomic E-state index is 0.0726. The number of hydrogen-bond donors (Lipinski definition) is 0. The lowest BCUT2D eigenvalue weighted by atomic mass is 10.1. The summed E-state index contributed by atoms with van der Waals surface area (Å²) >= 11 is 0. The molecule has 0 radical (unpaired) electrons. The lowest BCUT2D eigenvalue weighted by Gasteiger charge is -2.25. The van der Waals surface area contributed by atoms with Gasteiger partial charge in [-0.3, -0.25) is 0 Å². The third-order valence-corrected chi connectivity index (χ3v) is 5.00. The first-order valence-electron chi connectivity index (χ1n) is 6.12. The van der Waals surface area contributed by atoms with E-state index in [2.05, 4.69) is 0 Å². The summed E-state index contributed by atoms with van der Waals surface area (Å²) in [6.07, 6.45) is 0. The Labute approximate surface area is 109 Å². The van der Waals surface area contributed by atoms with Crippen LogP contribution in [0.15, 0.2) is 24.3 Å². The molecule has 0 spiro atoms. The lowest BCUT2D eigenvalue weighted by Crippen LogP contribution is -2.39. The van der Waals surface area contributed by atoms with Crippen LogP contribution in [0.5, 0.6) is 0 Å². The summed E-state index contributed by atoms with van der Waals surface area (Å²) in [5.41, 5.74) is 2.16. The van der Waals surface area contributed by atoms with Crippen LogP contribution in [0.4, 0.5) is 0 Å². The second kappa shape index (κ2) is 5.38. The molecule has 100 valence electrons. The molecule has 2 rings (SSSR count). The Kier molecular flexibility index (Phi) is 4.04. The number of benzene rings is 1. The average Bonchev–Trinajstić information content (AvgIpc) is 2.42. The molecule has 4 nitrogen and oxygen atoms in total. The summed E-state index contributed by atoms with van der Waals surface area (Å²) in [4.78, 5) is 0. The highest BCUT2D eigenvalue weighted by Crippen LogP contribution is 2.17. The molecule has 0 unspecified atom stereocenters. The predicted octanol–water partition coefficient (Wildman–Crippen LogP) is 1.55. The lowest BCUT2D eigenvalue weighted by molar-refractivity contribution is 0.116. The van der Waals surface area contributed by atoms with Crippen LogP contribution in [0.1, 0.15) is 18.1 Å². The highest BCUT2D eigenvalue weighted by Gasteiger charge is 2.29. The Balaban J connectivity index is 2.24. The topological polar surface area (TPSA) is 46.6 Å². The number of sulfonamides is 1. The van der Waals surface area contributed by atoms with Crippen molar-refractivity contribution >= 4 is 10.0 Å². The molecule has 5 heteroatoms. The van der Waals surface area contributed by atoms with Crippen LogP contribution in [0.2, 0.25) is 0 Å². The van der Waals surface area contributed by atoms with Crippen molar-refractivity contribution in [3.63, 3.8) is 0 Å². The van der Waals surface area contributed by atoms with E-state index in [1.807, 2.05) is 38.1 Å². The van der Waals surface area contributed by atoms with Gasteiger partial charge in [0.1, 0.15) is 0 Å². The molecule has 18 heavy (non-hydrogen) atoms. The Bertz CT molecular complexity index is 513. The zero-order valence-corrected chi connectivity index (χ0v) is 11.6. The fraction of sp³-hybridized carbons (Fsp3) is 0.538. The van der Waals surface area contributed by atoms with Crippen molar-refractivity contribution < 1.29 is 13.2 Å². The third kappa shape index (κ3) is 3.10. The van der Waals surface area contributed by atoms with E-state index in [0.29, 0.717) is 13.2 Å². The first-order chi connectivity index (χ1) is 8.49. The van der Waals surface area contributed by atoms with Crippen LogP contribution in [-0.4, -0.2) is 37.7 Å². The molecule has 1 atom stereocenters. The Morgan fingerprint density at radius 1 is 1.44 bits per heavy atom. The van der Waals surface area contributed by atoms with Gasteiger partial charge in [0.05, 0.1) is 19.0 Å². The summed E-state index contributed by atoms with van der Waals surface area (Å²) in [6, 6.07) is 7.83. The van der Waals surface area contributed by atoms with Gasteiger partial charge in [0.25, 0.3) is 0 Å². The van der Waals surface area contributed by atoms with Gasteiger partial charge in [0.15, 0.2) is 0 Å². The van der Waals surface area contributed by atoms with E-state index >= 15 is 0 Å². The van der Waals surface area contributed by atoms with E-state index < -0.39 is 10.0 Å². The van der Waals surface area contributed by atoms with Crippen LogP contribution in [0.25, 0.3) is 0 Å². The van der Waals surface area contributed by atoms with E-state index in [1.165, 1.54) is 0 Å². The van der Waals surface area contributed by atoms with Gasteiger partial charge in [-0.2, -0.15) is 4.31 Å². The summed E-state index contributed by atoms with van der Waals surface area (Å²) in [5.74, 6) is 0.0726. The highest BCUT2D eigenvalue weighted by atomic mass is 32.2. The molecule has 0 aromatic heterocycles. The fourth-order valence-electron chi connectivity index (χ4n) is 2.14. The number of ether oxygens (including phenoxy) is 1. The van der Waals surface area contributed by atoms with Crippen molar-refractivity contribution in [2.75, 3.05) is 19.0 Å². The molecule has 0 N–H and O–H groups in total. The normalized spacial score (nSPS) is 24.7. The van der Waals surface area contributed by atoms with Crippen LogP contribution >= 0.6 is 0 Å². The zero-order chi connectivity index (χ0) is 13.2. The molecule has 0 bridgehead atoms. The molecular formula is C13H19NO3S. The minimum atomic E-state index is -3.21. The van der Waals surface area contributed by atoms with Gasteiger partial charge < -0.3 is 4.74 Å². The van der Waals surface area contributed by atoms with Crippen LogP contribution in [0.3, 0.4) is 0 Å². The van der Waals surface area contributed by atoms with E-state index in [0.717, 1.165) is 11.1 Å². The Hall–Kier alpha value is -0.910. The van der Waals surface area contributed by atoms with Gasteiger partial charge in [-0.05, 0) is 19.4 Å². The standard InChI is InChI=1S/C13H19NO3S/c1-11-4-3-5-13(8-11)9-14-12(2)10-17-6-7-18(14,15)16/h3-5,8,12H,6-7,9-10H2,1-2H3/t12-/m0/s1. The van der Waals surface area contributed by atoms with Crippen LogP contribution in [0, 0.1) is 6.92 Å². The second-order valence-electron chi connectivity index (χ2n) is 4.77. The molecule has 1 heterocycles. The van der Waals surface area contributed by atoms with Gasteiger partial charge in [-0.1, -0.05) is 29.8 Å². The molecule has 1 aromatic carbocycles. The van der Waals surface area contributed by atoms with E-state index in [1.54, 1.807) is 4.31 Å². The van der Waals surface area contributed by atoms with Crippen molar-refractivity contribution in [1.29, 1.82) is 0 Å². The van der Waals surface area contributed by atoms with Crippen LogP contribution < -0.4 is 0 Å². The highest BCUT2D eigenvalue weighted by molar-refractivity contribution is 7.89. The Morgan fingerprint density at radius 3 is 2.94 bits per heavy atom. The van der Waals surface area contributed by atoms with Crippen molar-refractivity contribution in [2.24, 2.45) is 0 Å². The van der Waals surface area contributed by atoms with Crippen LogP contribution in [-0.2, 0) is 21.3 Å². The molecular weight excluding hydrogens is 250 g/mol. The molecule has 1 aromatic rings. The van der Waals surface area contributed by atoms with Gasteiger partial charge >= 0.3 is 0 Å². The number of rotatable bonds is 2. The summed E-state index contributed by atoms with van der Waals surface area (Å²) in [5, 5.41) is 0. The fourth-order valence-corrected chi connectivity index (χ4v) is 3.66. The third-order valence-electron chi connectivity index (χ3n) is 3.11. The van der Waals surface area contributed by atoms with Gasteiger partial charge in [0, 0.05) is 12.6 Å². The molecule has 1 aliphatic heterocycles. The number of aryl methyl sites for hydroxylation is 1. The monoisotopic (exact) mass is 269 g/mol. The molecule has 1 saturated heterocycles. The summed E-state index contributed by atoms with van der Waals surface area (Å²) in [6.45, 7) is 5.07. The number of nitrogens with zero attached hydrogens (tertiary/aromatic N) is 1. The largest absolute Gasteiger partial charge is 0.379 e. The summed E-state index contributed by atoms with van der Waals surface area (Å²) < 4.78 is 31.2. The molecule has 0 saturated carbocycles. The average molecular weight is 269 g/mol. The molecule has 0 aliphatic carbocycles. The van der Waals surface area contributed by atoms with Gasteiger partial charge in [-0.15, -0.1) is 0 Å². The smallest absolute Gasteiger partial charge is 0.217 e. The maximum atomic E-state index is 12.1. The second-order valence-corrected chi connectivity index (χ2v) is 6.82. The summed E-state index contributed by atoms with van der Waals surface area (Å²) in [7, 11) is -3.21. The molecule has 0 amide bonds. The van der Waals surface area contributed by atoms with E-state index in [9.17, 15) is 8.42 Å². The molecule has 1 fully saturated rings. The zero-order valence-electron chi connectivity index (χ0n) is 10.8. The first kappa shape index (κ1) is 13.5. The maximum absolute atomic E-state index is 12.1. The van der Waals surface area contributed by atoms with E-state index in [4.69, 9.17) is 4.74 Å².